The number of hydrogen-bond acceptors (Lipinski definition) is 4. The maximum absolute atomic E-state index is 12.6. The normalized spacial score (nSPS) is 12.8. The number of nitrogens with one attached hydrogen (secondary N) is 2. The van der Waals surface area contributed by atoms with Gasteiger partial charge in [-0.3, -0.25) is 4.79 Å². The molecule has 2 N–H and O–H groups in total. The first kappa shape index (κ1) is 20.8. The SMILES string of the molecule is CCC[C@H](C)NS(=O)(=O)c1cc(C(=O)NCc2ccco2)c(Cl)cc1Cl. The largest absolute Gasteiger partial charge is 0.467 e. The molecule has 1 aromatic heterocycles. The minimum absolute atomic E-state index is 0.0196. The molecule has 0 saturated heterocycles. The number of carbonyl (C=O) groups excluding carboxylic acids is 1. The average Bonchev–Trinajstić information content (AvgIpc) is 3.05. The van der Waals surface area contributed by atoms with Crippen molar-refractivity contribution in [3.8, 4) is 0 Å². The molecule has 2 aromatic rings. The van der Waals surface area contributed by atoms with Crippen LogP contribution in [0.4, 0.5) is 0 Å². The number of benzene rings is 1. The summed E-state index contributed by atoms with van der Waals surface area (Å²) in [5.74, 6) is 0.0347. The molecule has 2 rings (SSSR count). The summed E-state index contributed by atoms with van der Waals surface area (Å²) in [7, 11) is -3.88. The first-order valence-electron chi connectivity index (χ1n) is 8.06. The highest BCUT2D eigenvalue weighted by atomic mass is 35.5. The monoisotopic (exact) mass is 418 g/mol. The standard InChI is InChI=1S/C17H20Cl2N2O4S/c1-3-5-11(2)21-26(23,24)16-8-13(14(18)9-15(16)19)17(22)20-10-12-6-4-7-25-12/h4,6-9,11,21H,3,5,10H2,1-2H3,(H,20,22)/t11-/m0/s1. The van der Waals surface area contributed by atoms with E-state index in [1.165, 1.54) is 18.4 Å². The second-order valence-electron chi connectivity index (χ2n) is 5.84. The van der Waals surface area contributed by atoms with Crippen LogP contribution >= 0.6 is 23.2 Å². The smallest absolute Gasteiger partial charge is 0.253 e. The fraction of sp³-hybridized carbons (Fsp3) is 0.353. The van der Waals surface area contributed by atoms with Crippen LogP contribution in [0.25, 0.3) is 0 Å². The molecule has 9 heteroatoms. The van der Waals surface area contributed by atoms with E-state index in [2.05, 4.69) is 10.0 Å². The summed E-state index contributed by atoms with van der Waals surface area (Å²) in [5.41, 5.74) is 0.0196. The summed E-state index contributed by atoms with van der Waals surface area (Å²) in [6.45, 7) is 3.88. The third-order valence-electron chi connectivity index (χ3n) is 3.64. The maximum atomic E-state index is 12.6. The zero-order valence-corrected chi connectivity index (χ0v) is 16.7. The van der Waals surface area contributed by atoms with E-state index in [0.29, 0.717) is 12.2 Å². The molecule has 0 aliphatic rings. The lowest BCUT2D eigenvalue weighted by atomic mass is 10.2. The Balaban J connectivity index is 2.26. The molecule has 0 unspecified atom stereocenters. The number of amides is 1. The lowest BCUT2D eigenvalue weighted by molar-refractivity contribution is 0.0948. The van der Waals surface area contributed by atoms with Crippen LogP contribution in [0.3, 0.4) is 0 Å². The van der Waals surface area contributed by atoms with Crippen molar-refractivity contribution in [1.82, 2.24) is 10.0 Å². The highest BCUT2D eigenvalue weighted by Gasteiger charge is 2.24. The van der Waals surface area contributed by atoms with E-state index in [9.17, 15) is 13.2 Å². The zero-order chi connectivity index (χ0) is 19.3. The molecular formula is C17H20Cl2N2O4S. The lowest BCUT2D eigenvalue weighted by Gasteiger charge is -2.15. The molecule has 1 atom stereocenters. The molecule has 0 spiro atoms. The van der Waals surface area contributed by atoms with E-state index >= 15 is 0 Å². The second-order valence-corrected chi connectivity index (χ2v) is 8.33. The van der Waals surface area contributed by atoms with E-state index in [4.69, 9.17) is 27.6 Å². The molecule has 0 aliphatic carbocycles. The molecule has 1 heterocycles. The topological polar surface area (TPSA) is 88.4 Å². The fourth-order valence-corrected chi connectivity index (χ4v) is 4.54. The summed E-state index contributed by atoms with van der Waals surface area (Å²) >= 11 is 12.1. The van der Waals surface area contributed by atoms with Crippen LogP contribution in [0.5, 0.6) is 0 Å². The minimum Gasteiger partial charge on any atom is -0.467 e. The molecule has 26 heavy (non-hydrogen) atoms. The van der Waals surface area contributed by atoms with Gasteiger partial charge in [0.1, 0.15) is 10.7 Å². The first-order chi connectivity index (χ1) is 12.2. The van der Waals surface area contributed by atoms with Gasteiger partial charge in [-0.25, -0.2) is 13.1 Å². The molecule has 1 amide bonds. The second kappa shape index (κ2) is 8.90. The Morgan fingerprint density at radius 3 is 2.62 bits per heavy atom. The molecule has 1 aromatic carbocycles. The number of sulfonamides is 1. The van der Waals surface area contributed by atoms with Gasteiger partial charge in [-0.2, -0.15) is 0 Å². The third kappa shape index (κ3) is 5.23. The summed E-state index contributed by atoms with van der Waals surface area (Å²) < 4.78 is 32.9. The van der Waals surface area contributed by atoms with Crippen LogP contribution in [0.2, 0.25) is 10.0 Å². The van der Waals surface area contributed by atoms with E-state index in [0.717, 1.165) is 6.42 Å². The predicted molar refractivity (Wildman–Crippen MR) is 101 cm³/mol. The van der Waals surface area contributed by atoms with Gasteiger partial charge in [0, 0.05) is 6.04 Å². The summed E-state index contributed by atoms with van der Waals surface area (Å²) in [6, 6.07) is 5.59. The van der Waals surface area contributed by atoms with Crippen LogP contribution in [0, 0.1) is 0 Å². The Morgan fingerprint density at radius 1 is 1.27 bits per heavy atom. The van der Waals surface area contributed by atoms with Gasteiger partial charge in [0.15, 0.2) is 0 Å². The van der Waals surface area contributed by atoms with Gasteiger partial charge in [0.05, 0.1) is 28.4 Å². The quantitative estimate of drug-likeness (QED) is 0.678. The van der Waals surface area contributed by atoms with Crippen molar-refractivity contribution in [3.05, 3.63) is 51.9 Å². The summed E-state index contributed by atoms with van der Waals surface area (Å²) in [6.07, 6.45) is 3.00. The summed E-state index contributed by atoms with van der Waals surface area (Å²) in [5, 5.41) is 2.64. The van der Waals surface area contributed by atoms with Crippen molar-refractivity contribution in [2.75, 3.05) is 0 Å². The van der Waals surface area contributed by atoms with Crippen LogP contribution in [0.1, 0.15) is 42.8 Å². The first-order valence-corrected chi connectivity index (χ1v) is 10.3. The molecule has 0 radical (unpaired) electrons. The van der Waals surface area contributed by atoms with E-state index < -0.39 is 15.9 Å². The van der Waals surface area contributed by atoms with Gasteiger partial charge in [-0.05, 0) is 37.6 Å². The average molecular weight is 419 g/mol. The number of furan rings is 1. The summed E-state index contributed by atoms with van der Waals surface area (Å²) in [4.78, 5) is 12.2. The number of carbonyl (C=O) groups is 1. The van der Waals surface area contributed by atoms with Gasteiger partial charge >= 0.3 is 0 Å². The predicted octanol–water partition coefficient (Wildman–Crippen LogP) is 3.98. The number of rotatable bonds is 8. The van der Waals surface area contributed by atoms with Crippen LogP contribution in [0.15, 0.2) is 39.8 Å². The molecule has 0 saturated carbocycles. The maximum Gasteiger partial charge on any atom is 0.253 e. The number of halogens is 2. The van der Waals surface area contributed by atoms with Gasteiger partial charge in [0.25, 0.3) is 5.91 Å². The Bertz CT molecular complexity index is 867. The van der Waals surface area contributed by atoms with Crippen LogP contribution in [-0.2, 0) is 16.6 Å². The lowest BCUT2D eigenvalue weighted by Crippen LogP contribution is -2.33. The van der Waals surface area contributed by atoms with Crippen LogP contribution < -0.4 is 10.0 Å². The van der Waals surface area contributed by atoms with Gasteiger partial charge in [-0.1, -0.05) is 36.5 Å². The Kier molecular flexibility index (Phi) is 7.11. The van der Waals surface area contributed by atoms with Crippen molar-refractivity contribution in [1.29, 1.82) is 0 Å². The van der Waals surface area contributed by atoms with Crippen molar-refractivity contribution in [3.63, 3.8) is 0 Å². The molecule has 0 aliphatic heterocycles. The minimum atomic E-state index is -3.88. The molecule has 0 bridgehead atoms. The molecule has 142 valence electrons. The van der Waals surface area contributed by atoms with E-state index in [1.54, 1.807) is 19.1 Å². The van der Waals surface area contributed by atoms with Gasteiger partial charge < -0.3 is 9.73 Å². The van der Waals surface area contributed by atoms with Crippen molar-refractivity contribution >= 4 is 39.1 Å². The number of hydrogen-bond donors (Lipinski definition) is 2. The van der Waals surface area contributed by atoms with E-state index in [-0.39, 0.29) is 33.1 Å². The fourth-order valence-electron chi connectivity index (χ4n) is 2.41. The Hall–Kier alpha value is -1.54. The highest BCUT2D eigenvalue weighted by Crippen LogP contribution is 2.29. The highest BCUT2D eigenvalue weighted by molar-refractivity contribution is 7.89. The Morgan fingerprint density at radius 2 is 2.00 bits per heavy atom. The zero-order valence-electron chi connectivity index (χ0n) is 14.4. The third-order valence-corrected chi connectivity index (χ3v) is 6.00. The van der Waals surface area contributed by atoms with Crippen molar-refractivity contribution < 1.29 is 17.6 Å². The molecular weight excluding hydrogens is 399 g/mol. The van der Waals surface area contributed by atoms with Crippen LogP contribution in [-0.4, -0.2) is 20.4 Å². The molecule has 6 nitrogen and oxygen atoms in total. The van der Waals surface area contributed by atoms with Crippen molar-refractivity contribution in [2.24, 2.45) is 0 Å². The van der Waals surface area contributed by atoms with Gasteiger partial charge in [-0.15, -0.1) is 0 Å². The Labute approximate surface area is 162 Å². The van der Waals surface area contributed by atoms with Gasteiger partial charge in [0.2, 0.25) is 10.0 Å². The van der Waals surface area contributed by atoms with Crippen molar-refractivity contribution in [2.45, 2.75) is 44.2 Å². The molecule has 0 fully saturated rings. The van der Waals surface area contributed by atoms with E-state index in [1.807, 2.05) is 6.92 Å².